The molecule has 3 nitrogen and oxygen atoms in total. The highest BCUT2D eigenvalue weighted by Crippen LogP contribution is 2.28. The molecule has 2 atom stereocenters. The molecule has 1 aliphatic heterocycles. The van der Waals surface area contributed by atoms with E-state index in [0.717, 1.165) is 11.0 Å². The van der Waals surface area contributed by atoms with Gasteiger partial charge >= 0.3 is 0 Å². The summed E-state index contributed by atoms with van der Waals surface area (Å²) < 4.78 is 10.5. The maximum atomic E-state index is 5.53. The zero-order chi connectivity index (χ0) is 12.8. The van der Waals surface area contributed by atoms with Crippen LogP contribution in [0.25, 0.3) is 0 Å². The van der Waals surface area contributed by atoms with E-state index < -0.39 is 0 Å². The molecular formula is C14H21NO2S. The largest absolute Gasteiger partial charge is 0.491 e. The van der Waals surface area contributed by atoms with Gasteiger partial charge in [0, 0.05) is 29.8 Å². The lowest BCUT2D eigenvalue weighted by Crippen LogP contribution is -2.18. The van der Waals surface area contributed by atoms with E-state index in [-0.39, 0.29) is 0 Å². The predicted octanol–water partition coefficient (Wildman–Crippen LogP) is 3.02. The number of benzene rings is 1. The first-order chi connectivity index (χ1) is 8.78. The van der Waals surface area contributed by atoms with Gasteiger partial charge in [-0.2, -0.15) is 11.8 Å². The molecular weight excluding hydrogens is 246 g/mol. The first kappa shape index (κ1) is 13.6. The summed E-state index contributed by atoms with van der Waals surface area (Å²) in [6.07, 6.45) is 1.25. The van der Waals surface area contributed by atoms with Gasteiger partial charge in [-0.3, -0.25) is 0 Å². The smallest absolute Gasteiger partial charge is 0.119 e. The summed E-state index contributed by atoms with van der Waals surface area (Å²) in [7, 11) is 1.68. The Morgan fingerprint density at radius 3 is 2.67 bits per heavy atom. The second kappa shape index (κ2) is 6.90. The predicted molar refractivity (Wildman–Crippen MR) is 77.8 cm³/mol. The van der Waals surface area contributed by atoms with Gasteiger partial charge in [-0.05, 0) is 30.7 Å². The summed E-state index contributed by atoms with van der Waals surface area (Å²) in [4.78, 5) is 0. The van der Waals surface area contributed by atoms with Crippen molar-refractivity contribution in [3.63, 3.8) is 0 Å². The van der Waals surface area contributed by atoms with Crippen LogP contribution in [-0.2, 0) is 4.74 Å². The van der Waals surface area contributed by atoms with Gasteiger partial charge in [0.05, 0.1) is 6.61 Å². The molecule has 0 amide bonds. The normalized spacial score (nSPS) is 23.0. The van der Waals surface area contributed by atoms with Gasteiger partial charge in [0.2, 0.25) is 0 Å². The molecule has 0 radical (unpaired) electrons. The molecule has 0 aliphatic carbocycles. The zero-order valence-electron chi connectivity index (χ0n) is 11.0. The monoisotopic (exact) mass is 267 g/mol. The van der Waals surface area contributed by atoms with Crippen LogP contribution in [0, 0.1) is 0 Å². The van der Waals surface area contributed by atoms with Gasteiger partial charge in [0.1, 0.15) is 12.4 Å². The Morgan fingerprint density at radius 2 is 2.06 bits per heavy atom. The summed E-state index contributed by atoms with van der Waals surface area (Å²) in [6, 6.07) is 8.77. The standard InChI is InChI=1S/C14H21NO2S/c1-11-9-13(10-18-11)15-12-3-5-14(6-4-12)17-8-7-16-2/h3-6,11,13,15H,7-10H2,1-2H3. The van der Waals surface area contributed by atoms with Crippen molar-refractivity contribution in [1.29, 1.82) is 0 Å². The van der Waals surface area contributed by atoms with Crippen molar-refractivity contribution in [3.05, 3.63) is 24.3 Å². The maximum absolute atomic E-state index is 5.53. The summed E-state index contributed by atoms with van der Waals surface area (Å²) in [5.74, 6) is 2.10. The van der Waals surface area contributed by atoms with Crippen LogP contribution in [0.15, 0.2) is 24.3 Å². The van der Waals surface area contributed by atoms with Crippen LogP contribution in [0.1, 0.15) is 13.3 Å². The lowest BCUT2D eigenvalue weighted by atomic mass is 10.2. The SMILES string of the molecule is COCCOc1ccc(NC2CSC(C)C2)cc1. The molecule has 1 aromatic carbocycles. The van der Waals surface area contributed by atoms with Crippen LogP contribution in [0.3, 0.4) is 0 Å². The lowest BCUT2D eigenvalue weighted by Gasteiger charge is -2.13. The van der Waals surface area contributed by atoms with Crippen molar-refractivity contribution < 1.29 is 9.47 Å². The minimum Gasteiger partial charge on any atom is -0.491 e. The third kappa shape index (κ3) is 4.10. The molecule has 0 bridgehead atoms. The number of anilines is 1. The number of rotatable bonds is 6. The Hall–Kier alpha value is -0.870. The minimum atomic E-state index is 0.597. The average molecular weight is 267 g/mol. The topological polar surface area (TPSA) is 30.5 Å². The van der Waals surface area contributed by atoms with Gasteiger partial charge in [-0.25, -0.2) is 0 Å². The summed E-state index contributed by atoms with van der Waals surface area (Å²) >= 11 is 2.04. The van der Waals surface area contributed by atoms with Crippen LogP contribution in [0.4, 0.5) is 5.69 Å². The van der Waals surface area contributed by atoms with Crippen LogP contribution in [-0.4, -0.2) is 37.4 Å². The van der Waals surface area contributed by atoms with Crippen molar-refractivity contribution in [1.82, 2.24) is 0 Å². The van der Waals surface area contributed by atoms with Crippen molar-refractivity contribution in [2.75, 3.05) is 31.4 Å². The number of ether oxygens (including phenoxy) is 2. The fourth-order valence-corrected chi connectivity index (χ4v) is 3.19. The molecule has 4 heteroatoms. The lowest BCUT2D eigenvalue weighted by molar-refractivity contribution is 0.146. The molecule has 2 rings (SSSR count). The zero-order valence-corrected chi connectivity index (χ0v) is 11.8. The first-order valence-corrected chi connectivity index (χ1v) is 7.42. The fourth-order valence-electron chi connectivity index (χ4n) is 2.04. The van der Waals surface area contributed by atoms with E-state index in [1.165, 1.54) is 17.9 Å². The molecule has 2 unspecified atom stereocenters. The summed E-state index contributed by atoms with van der Waals surface area (Å²) in [5.41, 5.74) is 1.17. The van der Waals surface area contributed by atoms with Gasteiger partial charge in [0.25, 0.3) is 0 Å². The number of hydrogen-bond donors (Lipinski definition) is 1. The second-order valence-corrected chi connectivity index (χ2v) is 6.06. The molecule has 1 heterocycles. The number of methoxy groups -OCH3 is 1. The van der Waals surface area contributed by atoms with Crippen LogP contribution < -0.4 is 10.1 Å². The quantitative estimate of drug-likeness (QED) is 0.803. The Labute approximate surface area is 113 Å². The highest BCUT2D eigenvalue weighted by molar-refractivity contribution is 8.00. The molecule has 1 aliphatic rings. The van der Waals surface area contributed by atoms with Crippen molar-refractivity contribution in [2.45, 2.75) is 24.6 Å². The maximum Gasteiger partial charge on any atom is 0.119 e. The second-order valence-electron chi connectivity index (χ2n) is 4.59. The van der Waals surface area contributed by atoms with E-state index in [2.05, 4.69) is 24.4 Å². The molecule has 18 heavy (non-hydrogen) atoms. The molecule has 0 aromatic heterocycles. The molecule has 0 saturated carbocycles. The van der Waals surface area contributed by atoms with Gasteiger partial charge in [0.15, 0.2) is 0 Å². The van der Waals surface area contributed by atoms with E-state index in [1.54, 1.807) is 7.11 Å². The summed E-state index contributed by atoms with van der Waals surface area (Å²) in [6.45, 7) is 3.51. The van der Waals surface area contributed by atoms with Crippen molar-refractivity contribution >= 4 is 17.4 Å². The van der Waals surface area contributed by atoms with Crippen LogP contribution >= 0.6 is 11.8 Å². The van der Waals surface area contributed by atoms with Crippen molar-refractivity contribution in [2.24, 2.45) is 0 Å². The highest BCUT2D eigenvalue weighted by atomic mass is 32.2. The molecule has 1 N–H and O–H groups in total. The Bertz CT molecular complexity index is 355. The van der Waals surface area contributed by atoms with E-state index in [1.807, 2.05) is 23.9 Å². The molecule has 0 spiro atoms. The van der Waals surface area contributed by atoms with Crippen LogP contribution in [0.2, 0.25) is 0 Å². The molecule has 1 aromatic rings. The minimum absolute atomic E-state index is 0.597. The fraction of sp³-hybridized carbons (Fsp3) is 0.571. The van der Waals surface area contributed by atoms with E-state index in [0.29, 0.717) is 19.3 Å². The number of nitrogens with one attached hydrogen (secondary N) is 1. The van der Waals surface area contributed by atoms with E-state index >= 15 is 0 Å². The van der Waals surface area contributed by atoms with Crippen molar-refractivity contribution in [3.8, 4) is 5.75 Å². The number of thioether (sulfide) groups is 1. The highest BCUT2D eigenvalue weighted by Gasteiger charge is 2.21. The van der Waals surface area contributed by atoms with E-state index in [4.69, 9.17) is 9.47 Å². The van der Waals surface area contributed by atoms with Gasteiger partial charge in [-0.15, -0.1) is 0 Å². The Balaban J connectivity index is 1.80. The van der Waals surface area contributed by atoms with Gasteiger partial charge < -0.3 is 14.8 Å². The third-order valence-corrected chi connectivity index (χ3v) is 4.34. The summed E-state index contributed by atoms with van der Waals surface area (Å²) in [5, 5.41) is 4.34. The van der Waals surface area contributed by atoms with E-state index in [9.17, 15) is 0 Å². The Morgan fingerprint density at radius 1 is 1.28 bits per heavy atom. The average Bonchev–Trinajstić information content (AvgIpc) is 2.77. The Kier molecular flexibility index (Phi) is 5.20. The molecule has 1 saturated heterocycles. The van der Waals surface area contributed by atoms with Gasteiger partial charge in [-0.1, -0.05) is 6.92 Å². The third-order valence-electron chi connectivity index (χ3n) is 2.98. The first-order valence-electron chi connectivity index (χ1n) is 6.38. The molecule has 100 valence electrons. The number of hydrogen-bond acceptors (Lipinski definition) is 4. The van der Waals surface area contributed by atoms with Crippen LogP contribution in [0.5, 0.6) is 5.75 Å². The molecule has 1 fully saturated rings.